The molecule has 2 aliphatic rings. The number of amides is 1. The predicted molar refractivity (Wildman–Crippen MR) is 65.9 cm³/mol. The maximum absolute atomic E-state index is 11.6. The number of nitrogens with zero attached hydrogens (tertiary/aromatic N) is 1. The highest BCUT2D eigenvalue weighted by atomic mass is 16.5. The summed E-state index contributed by atoms with van der Waals surface area (Å²) in [6.45, 7) is 6.56. The second-order valence-corrected chi connectivity index (χ2v) is 4.89. The van der Waals surface area contributed by atoms with Crippen molar-refractivity contribution in [3.05, 3.63) is 0 Å². The topological polar surface area (TPSA) is 53.6 Å². The van der Waals surface area contributed by atoms with Crippen molar-refractivity contribution in [2.45, 2.75) is 12.8 Å². The number of rotatable bonds is 7. The summed E-state index contributed by atoms with van der Waals surface area (Å²) in [5.74, 6) is 0.911. The minimum absolute atomic E-state index is 0.113. The number of carbonyl (C=O) groups excluding carboxylic acids is 1. The van der Waals surface area contributed by atoms with Crippen LogP contribution >= 0.6 is 0 Å². The number of carbonyl (C=O) groups is 1. The van der Waals surface area contributed by atoms with Gasteiger partial charge in [0.15, 0.2) is 0 Å². The number of hydrogen-bond acceptors (Lipinski definition) is 4. The molecule has 0 unspecified atom stereocenters. The highest BCUT2D eigenvalue weighted by Crippen LogP contribution is 2.28. The molecule has 98 valence electrons. The first-order chi connectivity index (χ1) is 8.34. The van der Waals surface area contributed by atoms with Crippen LogP contribution in [0.3, 0.4) is 0 Å². The maximum atomic E-state index is 11.6. The Balaban J connectivity index is 1.44. The summed E-state index contributed by atoms with van der Waals surface area (Å²) in [5, 5.41) is 6.17. The Morgan fingerprint density at radius 2 is 2.12 bits per heavy atom. The zero-order valence-corrected chi connectivity index (χ0v) is 10.4. The molecule has 17 heavy (non-hydrogen) atoms. The van der Waals surface area contributed by atoms with Gasteiger partial charge < -0.3 is 15.4 Å². The van der Waals surface area contributed by atoms with Crippen LogP contribution in [-0.2, 0) is 9.53 Å². The molecule has 0 spiro atoms. The van der Waals surface area contributed by atoms with Gasteiger partial charge in [0.2, 0.25) is 5.91 Å². The summed E-state index contributed by atoms with van der Waals surface area (Å²) < 4.78 is 5.46. The Bertz CT molecular complexity index is 238. The van der Waals surface area contributed by atoms with Crippen LogP contribution in [0.25, 0.3) is 0 Å². The second-order valence-electron chi connectivity index (χ2n) is 4.89. The normalized spacial score (nSPS) is 21.4. The van der Waals surface area contributed by atoms with Gasteiger partial charge in [0.05, 0.1) is 13.2 Å². The summed E-state index contributed by atoms with van der Waals surface area (Å²) in [6, 6.07) is 0. The van der Waals surface area contributed by atoms with Crippen molar-refractivity contribution in [2.75, 3.05) is 52.5 Å². The Hall–Kier alpha value is -0.650. The molecular weight excluding hydrogens is 218 g/mol. The number of piperazine rings is 1. The molecule has 2 N–H and O–H groups in total. The van der Waals surface area contributed by atoms with Crippen molar-refractivity contribution < 1.29 is 9.53 Å². The van der Waals surface area contributed by atoms with Crippen molar-refractivity contribution in [3.63, 3.8) is 0 Å². The summed E-state index contributed by atoms with van der Waals surface area (Å²) in [7, 11) is 0. The van der Waals surface area contributed by atoms with Gasteiger partial charge in [0.1, 0.15) is 0 Å². The summed E-state index contributed by atoms with van der Waals surface area (Å²) in [5.41, 5.74) is 0. The second kappa shape index (κ2) is 6.93. The van der Waals surface area contributed by atoms with E-state index in [1.807, 2.05) is 0 Å². The Morgan fingerprint density at radius 1 is 1.35 bits per heavy atom. The van der Waals surface area contributed by atoms with Crippen molar-refractivity contribution in [2.24, 2.45) is 5.92 Å². The van der Waals surface area contributed by atoms with Crippen LogP contribution < -0.4 is 10.6 Å². The van der Waals surface area contributed by atoms with Gasteiger partial charge in [-0.15, -0.1) is 0 Å². The fourth-order valence-corrected chi connectivity index (χ4v) is 1.93. The van der Waals surface area contributed by atoms with Gasteiger partial charge in [-0.05, 0) is 18.8 Å². The average Bonchev–Trinajstić information content (AvgIpc) is 3.14. The fraction of sp³-hybridized carbons (Fsp3) is 0.917. The smallest absolute Gasteiger partial charge is 0.234 e. The first kappa shape index (κ1) is 12.8. The molecule has 5 nitrogen and oxygen atoms in total. The molecule has 2 fully saturated rings. The quantitative estimate of drug-likeness (QED) is 0.586. The Morgan fingerprint density at radius 3 is 2.82 bits per heavy atom. The van der Waals surface area contributed by atoms with Gasteiger partial charge in [-0.3, -0.25) is 9.69 Å². The fourth-order valence-electron chi connectivity index (χ4n) is 1.93. The Kier molecular flexibility index (Phi) is 5.22. The summed E-state index contributed by atoms with van der Waals surface area (Å²) >= 11 is 0. The highest BCUT2D eigenvalue weighted by Gasteiger charge is 2.20. The highest BCUT2D eigenvalue weighted by molar-refractivity contribution is 5.77. The van der Waals surface area contributed by atoms with E-state index in [4.69, 9.17) is 4.74 Å². The van der Waals surface area contributed by atoms with Gasteiger partial charge in [0, 0.05) is 39.3 Å². The monoisotopic (exact) mass is 241 g/mol. The third-order valence-electron chi connectivity index (χ3n) is 3.20. The first-order valence-corrected chi connectivity index (χ1v) is 6.62. The predicted octanol–water partition coefficient (Wildman–Crippen LogP) is -0.566. The van der Waals surface area contributed by atoms with E-state index >= 15 is 0 Å². The number of hydrogen-bond donors (Lipinski definition) is 2. The van der Waals surface area contributed by atoms with E-state index in [1.54, 1.807) is 0 Å². The van der Waals surface area contributed by atoms with Crippen LogP contribution in [0.2, 0.25) is 0 Å². The lowest BCUT2D eigenvalue weighted by atomic mass is 10.3. The van der Waals surface area contributed by atoms with Crippen LogP contribution in [-0.4, -0.2) is 63.3 Å². The molecule has 0 aromatic heterocycles. The van der Waals surface area contributed by atoms with Crippen LogP contribution in [0.5, 0.6) is 0 Å². The van der Waals surface area contributed by atoms with Crippen LogP contribution in [0.15, 0.2) is 0 Å². The summed E-state index contributed by atoms with van der Waals surface area (Å²) in [6.07, 6.45) is 2.63. The molecule has 1 saturated carbocycles. The number of nitrogens with one attached hydrogen (secondary N) is 2. The lowest BCUT2D eigenvalue weighted by Crippen LogP contribution is -2.47. The minimum Gasteiger partial charge on any atom is -0.379 e. The van der Waals surface area contributed by atoms with Crippen molar-refractivity contribution in [1.82, 2.24) is 15.5 Å². The van der Waals surface area contributed by atoms with Gasteiger partial charge in [-0.1, -0.05) is 0 Å². The zero-order valence-electron chi connectivity index (χ0n) is 10.4. The molecule has 0 aromatic carbocycles. The van der Waals surface area contributed by atoms with Gasteiger partial charge in [-0.2, -0.15) is 0 Å². The van der Waals surface area contributed by atoms with Gasteiger partial charge in [-0.25, -0.2) is 0 Å². The van der Waals surface area contributed by atoms with Crippen molar-refractivity contribution in [3.8, 4) is 0 Å². The molecule has 1 heterocycles. The molecule has 1 aliphatic heterocycles. The summed E-state index contributed by atoms with van der Waals surface area (Å²) in [4.78, 5) is 13.8. The lowest BCUT2D eigenvalue weighted by molar-refractivity contribution is -0.122. The SMILES string of the molecule is O=C(CN1CCNCC1)NCCOCC1CC1. The molecule has 2 rings (SSSR count). The van der Waals surface area contributed by atoms with E-state index in [2.05, 4.69) is 15.5 Å². The third-order valence-corrected chi connectivity index (χ3v) is 3.20. The van der Waals surface area contributed by atoms with E-state index in [9.17, 15) is 4.79 Å². The molecular formula is C12H23N3O2. The zero-order chi connectivity index (χ0) is 11.9. The average molecular weight is 241 g/mol. The maximum Gasteiger partial charge on any atom is 0.234 e. The van der Waals surface area contributed by atoms with E-state index in [0.717, 1.165) is 38.7 Å². The largest absolute Gasteiger partial charge is 0.379 e. The van der Waals surface area contributed by atoms with E-state index < -0.39 is 0 Å². The number of ether oxygens (including phenoxy) is 1. The molecule has 0 radical (unpaired) electrons. The van der Waals surface area contributed by atoms with Crippen LogP contribution in [0.4, 0.5) is 0 Å². The van der Waals surface area contributed by atoms with Crippen LogP contribution in [0.1, 0.15) is 12.8 Å². The molecule has 1 saturated heterocycles. The lowest BCUT2D eigenvalue weighted by Gasteiger charge is -2.26. The standard InChI is InChI=1S/C12H23N3O2/c16-12(9-15-6-3-13-4-7-15)14-5-8-17-10-11-1-2-11/h11,13H,1-10H2,(H,14,16). The third kappa shape index (κ3) is 5.48. The van der Waals surface area contributed by atoms with E-state index in [1.165, 1.54) is 12.8 Å². The molecule has 0 aromatic rings. The van der Waals surface area contributed by atoms with Crippen LogP contribution in [0, 0.1) is 5.92 Å². The molecule has 1 aliphatic carbocycles. The Labute approximate surface area is 103 Å². The van der Waals surface area contributed by atoms with E-state index in [0.29, 0.717) is 19.7 Å². The van der Waals surface area contributed by atoms with Crippen molar-refractivity contribution >= 4 is 5.91 Å². The minimum atomic E-state index is 0.113. The molecule has 0 atom stereocenters. The van der Waals surface area contributed by atoms with Gasteiger partial charge >= 0.3 is 0 Å². The van der Waals surface area contributed by atoms with Crippen molar-refractivity contribution in [1.29, 1.82) is 0 Å². The molecule has 1 amide bonds. The molecule has 0 bridgehead atoms. The first-order valence-electron chi connectivity index (χ1n) is 6.62. The molecule has 5 heteroatoms. The van der Waals surface area contributed by atoms with E-state index in [-0.39, 0.29) is 5.91 Å². The van der Waals surface area contributed by atoms with Gasteiger partial charge in [0.25, 0.3) is 0 Å².